The highest BCUT2D eigenvalue weighted by Gasteiger charge is 2.14. The van der Waals surface area contributed by atoms with Crippen molar-refractivity contribution in [3.8, 4) is 5.75 Å². The van der Waals surface area contributed by atoms with Crippen LogP contribution in [0.1, 0.15) is 12.5 Å². The molecule has 23 heavy (non-hydrogen) atoms. The number of benzene rings is 2. The maximum absolute atomic E-state index is 12.1. The predicted octanol–water partition coefficient (Wildman–Crippen LogP) is 4.32. The molecular formula is C18H20ClNO2S. The van der Waals surface area contributed by atoms with Gasteiger partial charge in [-0.15, -0.1) is 11.8 Å². The van der Waals surface area contributed by atoms with Gasteiger partial charge in [0.15, 0.2) is 6.10 Å². The largest absolute Gasteiger partial charge is 0.481 e. The van der Waals surface area contributed by atoms with Gasteiger partial charge in [-0.2, -0.15) is 0 Å². The molecular weight excluding hydrogens is 330 g/mol. The molecule has 0 saturated carbocycles. The number of carbonyl (C=O) groups excluding carboxylic acids is 1. The lowest BCUT2D eigenvalue weighted by Gasteiger charge is -2.16. The van der Waals surface area contributed by atoms with Crippen molar-refractivity contribution in [1.29, 1.82) is 0 Å². The first kappa shape index (κ1) is 17.7. The molecule has 0 aliphatic carbocycles. The van der Waals surface area contributed by atoms with E-state index < -0.39 is 6.10 Å². The van der Waals surface area contributed by atoms with Gasteiger partial charge >= 0.3 is 0 Å². The van der Waals surface area contributed by atoms with Crippen LogP contribution in [-0.4, -0.2) is 24.3 Å². The van der Waals surface area contributed by atoms with Gasteiger partial charge in [-0.1, -0.05) is 29.8 Å². The van der Waals surface area contributed by atoms with Gasteiger partial charge in [-0.05, 0) is 49.7 Å². The average Bonchev–Trinajstić information content (AvgIpc) is 2.55. The number of carbonyl (C=O) groups is 1. The second kappa shape index (κ2) is 8.85. The first-order valence-electron chi connectivity index (χ1n) is 7.44. The normalized spacial score (nSPS) is 11.8. The minimum Gasteiger partial charge on any atom is -0.481 e. The molecule has 5 heteroatoms. The fraction of sp³-hybridized carbons (Fsp3) is 0.278. The summed E-state index contributed by atoms with van der Waals surface area (Å²) in [4.78, 5) is 13.2. The van der Waals surface area contributed by atoms with Gasteiger partial charge in [0.05, 0.1) is 0 Å². The molecule has 0 saturated heterocycles. The van der Waals surface area contributed by atoms with E-state index in [-0.39, 0.29) is 5.91 Å². The number of thioether (sulfide) groups is 1. The first-order chi connectivity index (χ1) is 11.1. The summed E-state index contributed by atoms with van der Waals surface area (Å²) in [5, 5.41) is 3.62. The Hall–Kier alpha value is -1.65. The van der Waals surface area contributed by atoms with Gasteiger partial charge in [0.1, 0.15) is 5.75 Å². The highest BCUT2D eigenvalue weighted by atomic mass is 35.5. The van der Waals surface area contributed by atoms with E-state index in [1.54, 1.807) is 18.7 Å². The zero-order valence-corrected chi connectivity index (χ0v) is 14.8. The van der Waals surface area contributed by atoms with Crippen LogP contribution < -0.4 is 10.1 Å². The third-order valence-electron chi connectivity index (χ3n) is 3.25. The number of amides is 1. The van der Waals surface area contributed by atoms with E-state index in [1.807, 2.05) is 55.5 Å². The maximum atomic E-state index is 12.1. The van der Waals surface area contributed by atoms with Crippen molar-refractivity contribution in [2.24, 2.45) is 0 Å². The van der Waals surface area contributed by atoms with Gasteiger partial charge in [0.2, 0.25) is 0 Å². The summed E-state index contributed by atoms with van der Waals surface area (Å²) in [6.45, 7) is 4.31. The molecule has 0 unspecified atom stereocenters. The number of para-hydroxylation sites is 1. The summed E-state index contributed by atoms with van der Waals surface area (Å²) in [5.74, 6) is 1.43. The molecule has 2 rings (SSSR count). The topological polar surface area (TPSA) is 38.3 Å². The molecule has 0 bridgehead atoms. The average molecular weight is 350 g/mol. The minimum absolute atomic E-state index is 0.107. The van der Waals surface area contributed by atoms with Gasteiger partial charge < -0.3 is 10.1 Å². The van der Waals surface area contributed by atoms with E-state index in [0.717, 1.165) is 27.0 Å². The number of hydrogen-bond acceptors (Lipinski definition) is 3. The van der Waals surface area contributed by atoms with Crippen molar-refractivity contribution in [1.82, 2.24) is 5.32 Å². The van der Waals surface area contributed by atoms with E-state index in [9.17, 15) is 4.79 Å². The number of nitrogens with one attached hydrogen (secondary N) is 1. The maximum Gasteiger partial charge on any atom is 0.260 e. The zero-order valence-electron chi connectivity index (χ0n) is 13.2. The van der Waals surface area contributed by atoms with Crippen LogP contribution in [-0.2, 0) is 4.79 Å². The van der Waals surface area contributed by atoms with Crippen molar-refractivity contribution in [3.05, 3.63) is 59.1 Å². The Bertz CT molecular complexity index is 646. The molecule has 0 radical (unpaired) electrons. The smallest absolute Gasteiger partial charge is 0.260 e. The lowest BCUT2D eigenvalue weighted by atomic mass is 10.2. The van der Waals surface area contributed by atoms with E-state index >= 15 is 0 Å². The number of halogens is 1. The molecule has 1 N–H and O–H groups in total. The van der Waals surface area contributed by atoms with Crippen molar-refractivity contribution in [2.75, 3.05) is 12.3 Å². The molecule has 122 valence electrons. The van der Waals surface area contributed by atoms with Crippen molar-refractivity contribution >= 4 is 29.3 Å². The van der Waals surface area contributed by atoms with Gasteiger partial charge in [0.25, 0.3) is 5.91 Å². The molecule has 1 amide bonds. The second-order valence-corrected chi connectivity index (χ2v) is 6.72. The zero-order chi connectivity index (χ0) is 16.7. The highest BCUT2D eigenvalue weighted by Crippen LogP contribution is 2.20. The third kappa shape index (κ3) is 5.81. The van der Waals surface area contributed by atoms with Crippen molar-refractivity contribution < 1.29 is 9.53 Å². The quantitative estimate of drug-likeness (QED) is 0.597. The lowest BCUT2D eigenvalue weighted by Crippen LogP contribution is -2.37. The fourth-order valence-corrected chi connectivity index (χ4v) is 2.84. The summed E-state index contributed by atoms with van der Waals surface area (Å²) in [6.07, 6.45) is -0.517. The van der Waals surface area contributed by atoms with Crippen LogP contribution in [0.5, 0.6) is 5.75 Å². The minimum atomic E-state index is -0.517. The van der Waals surface area contributed by atoms with Crippen LogP contribution in [0.25, 0.3) is 0 Å². The molecule has 0 heterocycles. The standard InChI is InChI=1S/C18H20ClNO2S/c1-13-5-3-4-6-17(13)22-14(2)18(21)20-11-12-23-16-9-7-15(19)8-10-16/h3-10,14H,11-12H2,1-2H3,(H,20,21)/t14-/m0/s1. The SMILES string of the molecule is Cc1ccccc1O[C@@H](C)C(=O)NCCSc1ccc(Cl)cc1. The van der Waals surface area contributed by atoms with Crippen LogP contribution in [0.3, 0.4) is 0 Å². The molecule has 2 aromatic carbocycles. The number of rotatable bonds is 7. The van der Waals surface area contributed by atoms with Gasteiger partial charge in [0, 0.05) is 22.2 Å². The summed E-state index contributed by atoms with van der Waals surface area (Å²) in [5.41, 5.74) is 1.02. The van der Waals surface area contributed by atoms with Crippen molar-refractivity contribution in [3.63, 3.8) is 0 Å². The number of ether oxygens (including phenoxy) is 1. The van der Waals surface area contributed by atoms with Crippen molar-refractivity contribution in [2.45, 2.75) is 24.8 Å². The lowest BCUT2D eigenvalue weighted by molar-refractivity contribution is -0.127. The number of hydrogen-bond donors (Lipinski definition) is 1. The molecule has 0 aromatic heterocycles. The Balaban J connectivity index is 1.72. The van der Waals surface area contributed by atoms with E-state index in [4.69, 9.17) is 16.3 Å². The Morgan fingerprint density at radius 3 is 2.61 bits per heavy atom. The molecule has 0 spiro atoms. The van der Waals surface area contributed by atoms with E-state index in [1.165, 1.54) is 0 Å². The molecule has 0 aliphatic heterocycles. The van der Waals surface area contributed by atoms with Gasteiger partial charge in [-0.3, -0.25) is 4.79 Å². The van der Waals surface area contributed by atoms with Crippen LogP contribution in [0.2, 0.25) is 5.02 Å². The van der Waals surface area contributed by atoms with Crippen LogP contribution in [0.4, 0.5) is 0 Å². The summed E-state index contributed by atoms with van der Waals surface area (Å²) in [6, 6.07) is 15.3. The molecule has 1 atom stereocenters. The molecule has 2 aromatic rings. The Kier molecular flexibility index (Phi) is 6.81. The Morgan fingerprint density at radius 2 is 1.91 bits per heavy atom. The summed E-state index contributed by atoms with van der Waals surface area (Å²) < 4.78 is 5.70. The second-order valence-electron chi connectivity index (χ2n) is 5.12. The molecule has 3 nitrogen and oxygen atoms in total. The van der Waals surface area contributed by atoms with E-state index in [0.29, 0.717) is 6.54 Å². The highest BCUT2D eigenvalue weighted by molar-refractivity contribution is 7.99. The first-order valence-corrected chi connectivity index (χ1v) is 8.81. The Labute approximate surface area is 146 Å². The van der Waals surface area contributed by atoms with Crippen LogP contribution in [0.15, 0.2) is 53.4 Å². The van der Waals surface area contributed by atoms with Crippen LogP contribution in [0, 0.1) is 6.92 Å². The monoisotopic (exact) mass is 349 g/mol. The number of aryl methyl sites for hydroxylation is 1. The molecule has 0 aliphatic rings. The summed E-state index contributed by atoms with van der Waals surface area (Å²) in [7, 11) is 0. The van der Waals surface area contributed by atoms with E-state index in [2.05, 4.69) is 5.32 Å². The van der Waals surface area contributed by atoms with Gasteiger partial charge in [-0.25, -0.2) is 0 Å². The van der Waals surface area contributed by atoms with Crippen LogP contribution >= 0.6 is 23.4 Å². The third-order valence-corrected chi connectivity index (χ3v) is 4.52. The molecule has 0 fully saturated rings. The Morgan fingerprint density at radius 1 is 1.22 bits per heavy atom. The fourth-order valence-electron chi connectivity index (χ4n) is 1.95. The predicted molar refractivity (Wildman–Crippen MR) is 96.5 cm³/mol. The summed E-state index contributed by atoms with van der Waals surface area (Å²) >= 11 is 7.52.